The Morgan fingerprint density at radius 3 is 2.53 bits per heavy atom. The van der Waals surface area contributed by atoms with Crippen LogP contribution in [-0.4, -0.2) is 70.6 Å². The second kappa shape index (κ2) is 11.0. The van der Waals surface area contributed by atoms with Gasteiger partial charge in [0.15, 0.2) is 0 Å². The lowest BCUT2D eigenvalue weighted by atomic mass is 10.0. The van der Waals surface area contributed by atoms with Crippen LogP contribution in [-0.2, 0) is 24.3 Å². The summed E-state index contributed by atoms with van der Waals surface area (Å²) in [6.07, 6.45) is 0.549. The number of fused-ring (bicyclic) bond motifs is 1. The van der Waals surface area contributed by atoms with Crippen molar-refractivity contribution in [2.24, 2.45) is 0 Å². The smallest absolute Gasteiger partial charge is 0.414 e. The van der Waals surface area contributed by atoms with Gasteiger partial charge in [-0.15, -0.1) is 0 Å². The van der Waals surface area contributed by atoms with Crippen molar-refractivity contribution in [1.82, 2.24) is 4.72 Å². The van der Waals surface area contributed by atoms with Crippen molar-refractivity contribution >= 4 is 33.4 Å². The molecule has 194 valence electrons. The summed E-state index contributed by atoms with van der Waals surface area (Å²) in [6, 6.07) is 11.5. The van der Waals surface area contributed by atoms with Crippen molar-refractivity contribution in [2.45, 2.75) is 43.7 Å². The maximum Gasteiger partial charge on any atom is 0.414 e. The van der Waals surface area contributed by atoms with Gasteiger partial charge >= 0.3 is 6.09 Å². The Balaban J connectivity index is 1.71. The molecule has 0 saturated carbocycles. The minimum atomic E-state index is -3.80. The number of carbonyl (C=O) groups excluding carboxylic acids is 2. The van der Waals surface area contributed by atoms with E-state index in [1.807, 2.05) is 6.92 Å². The van der Waals surface area contributed by atoms with E-state index in [9.17, 15) is 18.0 Å². The molecule has 4 rings (SSSR count). The van der Waals surface area contributed by atoms with Crippen molar-refractivity contribution in [3.63, 3.8) is 0 Å². The summed E-state index contributed by atoms with van der Waals surface area (Å²) in [5.74, 6) is -0.142. The van der Waals surface area contributed by atoms with Crippen molar-refractivity contribution in [2.75, 3.05) is 42.7 Å². The molecule has 2 aliphatic rings. The molecule has 2 heterocycles. The third kappa shape index (κ3) is 5.54. The first-order valence-electron chi connectivity index (χ1n) is 11.9. The molecule has 2 amide bonds. The zero-order valence-electron chi connectivity index (χ0n) is 20.3. The van der Waals surface area contributed by atoms with E-state index < -0.39 is 16.1 Å². The lowest BCUT2D eigenvalue weighted by Crippen LogP contribution is -2.52. The van der Waals surface area contributed by atoms with Crippen LogP contribution in [0.4, 0.5) is 16.2 Å². The fourth-order valence-corrected chi connectivity index (χ4v) is 5.63. The number of rotatable bonds is 6. The summed E-state index contributed by atoms with van der Waals surface area (Å²) in [7, 11) is -3.80. The summed E-state index contributed by atoms with van der Waals surface area (Å²) in [5, 5.41) is 8.97. The lowest BCUT2D eigenvalue weighted by Gasteiger charge is -2.41. The number of benzene rings is 2. The van der Waals surface area contributed by atoms with Crippen LogP contribution >= 0.6 is 0 Å². The number of anilines is 2. The number of aliphatic hydroxyl groups is 1. The number of aliphatic hydroxyl groups excluding tert-OH is 1. The number of ether oxygens (including phenoxy) is 2. The standard InChI is InChI=1S/C25H31N3O7S/c1-17-16-27(25(31)35-21-8-12-34-13-9-21)24-15-20(6-7-23(24)28(17)18(2)30)19-4-3-5-22(14-19)36(32,33)26-10-11-29/h3-7,14-15,17,21,26,29H,8-13,16H2,1-2H3. The van der Waals surface area contributed by atoms with E-state index in [0.717, 1.165) is 0 Å². The third-order valence-electron chi connectivity index (χ3n) is 6.29. The highest BCUT2D eigenvalue weighted by Gasteiger charge is 2.35. The van der Waals surface area contributed by atoms with Gasteiger partial charge in [-0.05, 0) is 42.3 Å². The zero-order chi connectivity index (χ0) is 25.9. The fourth-order valence-electron chi connectivity index (χ4n) is 4.56. The van der Waals surface area contributed by atoms with Crippen LogP contribution in [0, 0.1) is 0 Å². The number of amides is 2. The van der Waals surface area contributed by atoms with E-state index in [1.165, 1.54) is 19.1 Å². The van der Waals surface area contributed by atoms with Gasteiger partial charge < -0.3 is 19.5 Å². The first-order valence-corrected chi connectivity index (χ1v) is 13.4. The average Bonchev–Trinajstić information content (AvgIpc) is 2.87. The Morgan fingerprint density at radius 1 is 1.11 bits per heavy atom. The maximum atomic E-state index is 13.2. The SMILES string of the molecule is CC(=O)N1c2ccc(-c3cccc(S(=O)(=O)NCCO)c3)cc2N(C(=O)OC2CCOCC2)CC1C. The molecular formula is C25H31N3O7S. The average molecular weight is 518 g/mol. The highest BCUT2D eigenvalue weighted by Crippen LogP contribution is 2.39. The molecular weight excluding hydrogens is 486 g/mol. The third-order valence-corrected chi connectivity index (χ3v) is 7.75. The Bertz CT molecular complexity index is 1230. The summed E-state index contributed by atoms with van der Waals surface area (Å²) < 4.78 is 38.6. The van der Waals surface area contributed by atoms with Gasteiger partial charge in [-0.2, -0.15) is 0 Å². The van der Waals surface area contributed by atoms with Crippen molar-refractivity contribution in [1.29, 1.82) is 0 Å². The summed E-state index contributed by atoms with van der Waals surface area (Å²) >= 11 is 0. The quantitative estimate of drug-likeness (QED) is 0.603. The highest BCUT2D eigenvalue weighted by atomic mass is 32.2. The molecule has 0 spiro atoms. The fraction of sp³-hybridized carbons (Fsp3) is 0.440. The van der Waals surface area contributed by atoms with Gasteiger partial charge in [0.2, 0.25) is 15.9 Å². The van der Waals surface area contributed by atoms with Crippen LogP contribution in [0.3, 0.4) is 0 Å². The molecule has 2 aliphatic heterocycles. The molecule has 2 aromatic carbocycles. The van der Waals surface area contributed by atoms with E-state index in [-0.39, 0.29) is 42.6 Å². The van der Waals surface area contributed by atoms with Crippen molar-refractivity contribution < 1.29 is 32.6 Å². The van der Waals surface area contributed by atoms with Gasteiger partial charge in [0.25, 0.3) is 0 Å². The number of sulfonamides is 1. The Hall–Kier alpha value is -2.99. The molecule has 2 N–H and O–H groups in total. The Labute approximate surface area is 210 Å². The second-order valence-corrected chi connectivity index (χ2v) is 10.7. The molecule has 1 saturated heterocycles. The normalized spacial score (nSPS) is 18.6. The van der Waals surface area contributed by atoms with E-state index in [1.54, 1.807) is 40.1 Å². The molecule has 11 heteroatoms. The molecule has 0 aromatic heterocycles. The maximum absolute atomic E-state index is 13.2. The van der Waals surface area contributed by atoms with Crippen LogP contribution in [0.25, 0.3) is 11.1 Å². The molecule has 10 nitrogen and oxygen atoms in total. The number of hydrogen-bond donors (Lipinski definition) is 2. The number of hydrogen-bond acceptors (Lipinski definition) is 7. The van der Waals surface area contributed by atoms with Gasteiger partial charge in [0.1, 0.15) is 6.10 Å². The first kappa shape index (κ1) is 26.1. The predicted molar refractivity (Wildman–Crippen MR) is 134 cm³/mol. The van der Waals surface area contributed by atoms with Crippen LogP contribution < -0.4 is 14.5 Å². The summed E-state index contributed by atoms with van der Waals surface area (Å²) in [5.41, 5.74) is 2.40. The van der Waals surface area contributed by atoms with Gasteiger partial charge in [0, 0.05) is 32.9 Å². The summed E-state index contributed by atoms with van der Waals surface area (Å²) in [6.45, 7) is 4.30. The Morgan fingerprint density at radius 2 is 1.83 bits per heavy atom. The molecule has 1 fully saturated rings. The Kier molecular flexibility index (Phi) is 7.94. The summed E-state index contributed by atoms with van der Waals surface area (Å²) in [4.78, 5) is 28.9. The highest BCUT2D eigenvalue weighted by molar-refractivity contribution is 7.89. The van der Waals surface area contributed by atoms with Crippen LogP contribution in [0.15, 0.2) is 47.4 Å². The first-order chi connectivity index (χ1) is 17.2. The van der Waals surface area contributed by atoms with E-state index in [2.05, 4.69) is 4.72 Å². The topological polar surface area (TPSA) is 125 Å². The molecule has 1 unspecified atom stereocenters. The van der Waals surface area contributed by atoms with Crippen LogP contribution in [0.2, 0.25) is 0 Å². The van der Waals surface area contributed by atoms with Crippen molar-refractivity contribution in [3.05, 3.63) is 42.5 Å². The van der Waals surface area contributed by atoms with Gasteiger partial charge in [-0.1, -0.05) is 18.2 Å². The van der Waals surface area contributed by atoms with Gasteiger partial charge in [-0.3, -0.25) is 9.69 Å². The number of carbonyl (C=O) groups is 2. The monoisotopic (exact) mass is 517 g/mol. The van der Waals surface area contributed by atoms with Gasteiger partial charge in [-0.25, -0.2) is 17.9 Å². The molecule has 36 heavy (non-hydrogen) atoms. The van der Waals surface area contributed by atoms with Crippen LogP contribution in [0.1, 0.15) is 26.7 Å². The predicted octanol–water partition coefficient (Wildman–Crippen LogP) is 2.50. The largest absolute Gasteiger partial charge is 0.446 e. The van der Waals surface area contributed by atoms with E-state index >= 15 is 0 Å². The minimum Gasteiger partial charge on any atom is -0.446 e. The van der Waals surface area contributed by atoms with Crippen molar-refractivity contribution in [3.8, 4) is 11.1 Å². The number of nitrogens with one attached hydrogen (secondary N) is 1. The van der Waals surface area contributed by atoms with E-state index in [4.69, 9.17) is 14.6 Å². The molecule has 1 atom stereocenters. The zero-order valence-corrected chi connectivity index (χ0v) is 21.2. The lowest BCUT2D eigenvalue weighted by molar-refractivity contribution is -0.117. The number of nitrogens with zero attached hydrogens (tertiary/aromatic N) is 2. The molecule has 0 bridgehead atoms. The minimum absolute atomic E-state index is 0.0564. The molecule has 0 aliphatic carbocycles. The van der Waals surface area contributed by atoms with Crippen LogP contribution in [0.5, 0.6) is 0 Å². The molecule has 0 radical (unpaired) electrons. The van der Waals surface area contributed by atoms with E-state index in [0.29, 0.717) is 48.6 Å². The molecule has 2 aromatic rings. The second-order valence-electron chi connectivity index (χ2n) is 8.90. The van der Waals surface area contributed by atoms with Gasteiger partial charge in [0.05, 0.1) is 42.1 Å².